The first-order valence-corrected chi connectivity index (χ1v) is 11.2. The molecule has 1 aliphatic rings. The van der Waals surface area contributed by atoms with Crippen LogP contribution >= 0.6 is 11.3 Å². The van der Waals surface area contributed by atoms with Gasteiger partial charge < -0.3 is 15.1 Å². The van der Waals surface area contributed by atoms with Crippen molar-refractivity contribution < 1.29 is 4.79 Å². The van der Waals surface area contributed by atoms with Gasteiger partial charge in [0.1, 0.15) is 10.7 Å². The molecular weight excluding hydrogens is 384 g/mol. The lowest BCUT2D eigenvalue weighted by atomic mass is 10.2. The molecule has 7 nitrogen and oxygen atoms in total. The fourth-order valence-electron chi connectivity index (χ4n) is 3.68. The molecule has 8 heteroatoms. The maximum Gasteiger partial charge on any atom is 0.263 e. The van der Waals surface area contributed by atoms with E-state index >= 15 is 0 Å². The van der Waals surface area contributed by atoms with Gasteiger partial charge in [0.05, 0.1) is 6.20 Å². The first kappa shape index (κ1) is 21.5. The predicted molar refractivity (Wildman–Crippen MR) is 120 cm³/mol. The van der Waals surface area contributed by atoms with E-state index in [0.29, 0.717) is 23.5 Å². The molecule has 29 heavy (non-hydrogen) atoms. The molecule has 158 valence electrons. The van der Waals surface area contributed by atoms with E-state index in [4.69, 9.17) is 0 Å². The average molecular weight is 417 g/mol. The Bertz CT molecular complexity index is 762. The molecule has 1 fully saturated rings. The number of amides is 1. The van der Waals surface area contributed by atoms with Crippen LogP contribution < -0.4 is 15.1 Å². The molecule has 0 atom stereocenters. The fourth-order valence-corrected chi connectivity index (χ4v) is 4.57. The molecular formula is C21H32N6OS. The van der Waals surface area contributed by atoms with Gasteiger partial charge in [-0.1, -0.05) is 17.4 Å². The lowest BCUT2D eigenvalue weighted by Gasteiger charge is -2.35. The molecule has 0 unspecified atom stereocenters. The average Bonchev–Trinajstić information content (AvgIpc) is 3.21. The number of rotatable bonds is 8. The van der Waals surface area contributed by atoms with Crippen molar-refractivity contribution in [3.8, 4) is 0 Å². The summed E-state index contributed by atoms with van der Waals surface area (Å²) in [6.07, 6.45) is 3.53. The maximum absolute atomic E-state index is 12.5. The first-order valence-electron chi connectivity index (χ1n) is 10.4. The van der Waals surface area contributed by atoms with Crippen molar-refractivity contribution in [3.63, 3.8) is 0 Å². The van der Waals surface area contributed by atoms with Crippen molar-refractivity contribution in [1.82, 2.24) is 20.2 Å². The monoisotopic (exact) mass is 416 g/mol. The third-order valence-corrected chi connectivity index (χ3v) is 6.28. The van der Waals surface area contributed by atoms with Gasteiger partial charge in [0.25, 0.3) is 5.91 Å². The van der Waals surface area contributed by atoms with Gasteiger partial charge in [0.2, 0.25) is 0 Å². The van der Waals surface area contributed by atoms with Crippen LogP contribution in [0.5, 0.6) is 0 Å². The van der Waals surface area contributed by atoms with E-state index in [1.165, 1.54) is 11.3 Å². The number of hydrogen-bond acceptors (Lipinski definition) is 7. The van der Waals surface area contributed by atoms with E-state index in [1.807, 2.05) is 24.4 Å². The molecule has 0 aliphatic carbocycles. The SMILES string of the molecule is CC(C)N(CCNC(=O)c1cnc(N2CCN(c3ccccn3)CC2)s1)C(C)C. The van der Waals surface area contributed by atoms with Crippen LogP contribution in [0.1, 0.15) is 37.4 Å². The summed E-state index contributed by atoms with van der Waals surface area (Å²) < 4.78 is 0. The van der Waals surface area contributed by atoms with Gasteiger partial charge in [-0.15, -0.1) is 0 Å². The molecule has 2 aromatic rings. The van der Waals surface area contributed by atoms with Crippen LogP contribution in [0.25, 0.3) is 0 Å². The summed E-state index contributed by atoms with van der Waals surface area (Å²) in [7, 11) is 0. The zero-order valence-electron chi connectivity index (χ0n) is 17.8. The highest BCUT2D eigenvalue weighted by Crippen LogP contribution is 2.24. The van der Waals surface area contributed by atoms with Crippen molar-refractivity contribution in [1.29, 1.82) is 0 Å². The van der Waals surface area contributed by atoms with Crippen LogP contribution in [-0.4, -0.2) is 72.1 Å². The van der Waals surface area contributed by atoms with Crippen molar-refractivity contribution in [2.45, 2.75) is 39.8 Å². The highest BCUT2D eigenvalue weighted by atomic mass is 32.1. The highest BCUT2D eigenvalue weighted by Gasteiger charge is 2.21. The van der Waals surface area contributed by atoms with Gasteiger partial charge in [0, 0.05) is 57.5 Å². The smallest absolute Gasteiger partial charge is 0.263 e. The molecule has 0 bridgehead atoms. The second-order valence-corrected chi connectivity index (χ2v) is 8.86. The minimum absolute atomic E-state index is 0.0340. The standard InChI is InChI=1S/C21H32N6OS/c1-16(2)27(17(3)4)10-9-23-20(28)18-15-24-21(29-18)26-13-11-25(12-14-26)19-7-5-6-8-22-19/h5-8,15-17H,9-14H2,1-4H3,(H,23,28). The normalized spacial score (nSPS) is 14.9. The maximum atomic E-state index is 12.5. The van der Waals surface area contributed by atoms with Crippen LogP contribution in [0, 0.1) is 0 Å². The van der Waals surface area contributed by atoms with Gasteiger partial charge in [-0.05, 0) is 39.8 Å². The zero-order valence-corrected chi connectivity index (χ0v) is 18.7. The minimum atomic E-state index is -0.0340. The summed E-state index contributed by atoms with van der Waals surface area (Å²) >= 11 is 1.47. The zero-order chi connectivity index (χ0) is 20.8. The molecule has 1 aliphatic heterocycles. The van der Waals surface area contributed by atoms with Crippen LogP contribution in [0.3, 0.4) is 0 Å². The van der Waals surface area contributed by atoms with Crippen molar-refractivity contribution in [2.24, 2.45) is 0 Å². The summed E-state index contributed by atoms with van der Waals surface area (Å²) in [4.78, 5) is 29.0. The molecule has 0 radical (unpaired) electrons. The third-order valence-electron chi connectivity index (χ3n) is 5.22. The topological polar surface area (TPSA) is 64.6 Å². The van der Waals surface area contributed by atoms with E-state index in [9.17, 15) is 4.79 Å². The van der Waals surface area contributed by atoms with Crippen LogP contribution in [0.15, 0.2) is 30.6 Å². The molecule has 0 aromatic carbocycles. The second kappa shape index (κ2) is 10.0. The summed E-state index contributed by atoms with van der Waals surface area (Å²) in [6, 6.07) is 6.92. The van der Waals surface area contributed by atoms with E-state index in [-0.39, 0.29) is 5.91 Å². The van der Waals surface area contributed by atoms with Gasteiger partial charge in [0.15, 0.2) is 5.13 Å². The summed E-state index contributed by atoms with van der Waals surface area (Å²) in [6.45, 7) is 13.8. The van der Waals surface area contributed by atoms with Crippen molar-refractivity contribution in [2.75, 3.05) is 49.1 Å². The third kappa shape index (κ3) is 5.67. The molecule has 0 saturated carbocycles. The Kier molecular flexibility index (Phi) is 7.44. The van der Waals surface area contributed by atoms with Crippen LogP contribution in [0.2, 0.25) is 0 Å². The number of carbonyl (C=O) groups excluding carboxylic acids is 1. The minimum Gasteiger partial charge on any atom is -0.353 e. The van der Waals surface area contributed by atoms with Gasteiger partial charge in [-0.25, -0.2) is 9.97 Å². The first-order chi connectivity index (χ1) is 14.0. The molecule has 3 heterocycles. The molecule has 2 aromatic heterocycles. The quantitative estimate of drug-likeness (QED) is 0.714. The highest BCUT2D eigenvalue weighted by molar-refractivity contribution is 7.17. The summed E-state index contributed by atoms with van der Waals surface area (Å²) in [5.74, 6) is 0.983. The molecule has 3 rings (SSSR count). The molecule has 0 spiro atoms. The number of anilines is 2. The Morgan fingerprint density at radius 3 is 2.41 bits per heavy atom. The second-order valence-electron chi connectivity index (χ2n) is 7.85. The number of piperazine rings is 1. The van der Waals surface area contributed by atoms with E-state index < -0.39 is 0 Å². The number of aromatic nitrogens is 2. The Hall–Kier alpha value is -2.19. The fraction of sp³-hybridized carbons (Fsp3) is 0.571. The van der Waals surface area contributed by atoms with Crippen LogP contribution in [-0.2, 0) is 0 Å². The van der Waals surface area contributed by atoms with E-state index in [2.05, 4.69) is 57.7 Å². The Morgan fingerprint density at radius 1 is 1.10 bits per heavy atom. The van der Waals surface area contributed by atoms with Gasteiger partial charge in [-0.3, -0.25) is 9.69 Å². The lowest BCUT2D eigenvalue weighted by molar-refractivity contribution is 0.0943. The Morgan fingerprint density at radius 2 is 1.79 bits per heavy atom. The van der Waals surface area contributed by atoms with Gasteiger partial charge >= 0.3 is 0 Å². The largest absolute Gasteiger partial charge is 0.353 e. The summed E-state index contributed by atoms with van der Waals surface area (Å²) in [5.41, 5.74) is 0. The van der Waals surface area contributed by atoms with Crippen molar-refractivity contribution in [3.05, 3.63) is 35.5 Å². The summed E-state index contributed by atoms with van der Waals surface area (Å²) in [5, 5.41) is 3.96. The molecule has 1 N–H and O–H groups in total. The predicted octanol–water partition coefficient (Wildman–Crippen LogP) is 2.71. The number of pyridine rings is 1. The number of hydrogen-bond donors (Lipinski definition) is 1. The molecule has 1 saturated heterocycles. The number of thiazole rings is 1. The lowest BCUT2D eigenvalue weighted by Crippen LogP contribution is -2.46. The van der Waals surface area contributed by atoms with E-state index in [1.54, 1.807) is 6.20 Å². The molecule has 1 amide bonds. The van der Waals surface area contributed by atoms with Crippen LogP contribution in [0.4, 0.5) is 10.9 Å². The number of nitrogens with one attached hydrogen (secondary N) is 1. The van der Waals surface area contributed by atoms with Crippen molar-refractivity contribution >= 4 is 28.2 Å². The number of carbonyl (C=O) groups is 1. The Balaban J connectivity index is 1.48. The Labute approximate surface area is 177 Å². The van der Waals surface area contributed by atoms with E-state index in [0.717, 1.165) is 43.7 Å². The number of nitrogens with zero attached hydrogens (tertiary/aromatic N) is 5. The van der Waals surface area contributed by atoms with Gasteiger partial charge in [-0.2, -0.15) is 0 Å².